The molecule has 4 aromatic rings. The zero-order valence-corrected chi connectivity index (χ0v) is 31.9. The topological polar surface area (TPSA) is 333 Å². The molecule has 2 amide bonds. The van der Waals surface area contributed by atoms with E-state index in [1.165, 1.54) is 17.0 Å². The number of carbonyl (C=O) groups excluding carboxylic acids is 2. The molecule has 2 atom stereocenters. The first-order valence-corrected chi connectivity index (χ1v) is 20.5. The van der Waals surface area contributed by atoms with Gasteiger partial charge in [0, 0.05) is 48.8 Å². The van der Waals surface area contributed by atoms with Gasteiger partial charge in [0.2, 0.25) is 18.2 Å². The molecule has 20 nitrogen and oxygen atoms in total. The molecule has 1 aliphatic rings. The Hall–Kier alpha value is -5.63. The van der Waals surface area contributed by atoms with Crippen molar-refractivity contribution in [2.75, 3.05) is 34.4 Å². The van der Waals surface area contributed by atoms with Crippen LogP contribution in [0.3, 0.4) is 0 Å². The number of pyridine rings is 1. The number of anilines is 4. The average Bonchev–Trinajstić information content (AvgIpc) is 3.11. The predicted molar refractivity (Wildman–Crippen MR) is 194 cm³/mol. The van der Waals surface area contributed by atoms with E-state index in [0.717, 1.165) is 5.69 Å². The Morgan fingerprint density at radius 3 is 2.28 bits per heavy atom. The van der Waals surface area contributed by atoms with Crippen LogP contribution in [0.25, 0.3) is 0 Å². The van der Waals surface area contributed by atoms with Gasteiger partial charge >= 0.3 is 52.9 Å². The Morgan fingerprint density at radius 2 is 1.78 bits per heavy atom. The average molecular weight is 980 g/mol. The molecule has 54 heavy (non-hydrogen) atoms. The molecule has 0 saturated heterocycles. The van der Waals surface area contributed by atoms with E-state index in [1.807, 2.05) is 30.1 Å². The standard InChI is InChI=1S/C20H23N7O7.C6H7N.C4H3FN2O2.2ClH.H3N.Pt/c21-20-25-16-15(18(32)26-20)27(9-28)12(8-23-16)7-22-11-3-1-10(2-4-11)17(31)24-13(19(33)34)5-6-14(29)30;1-6-4-2-3-5-7-6;5-2-1-6-4(9)7-3(2)8;;;;/h1-4,9,12-13,22H,5-8H2,(H,24,31)(H,29,30)(H,33,34)(H4,21,23,25,26,32);2-5H,1H3;1H,(H2,6,7,8,9);2*1H;1H3;/q;;;;;;+2/p-2/t12?,13-;;;;;;/m0....../s1. The van der Waals surface area contributed by atoms with Crippen LogP contribution in [-0.4, -0.2) is 84.6 Å². The van der Waals surface area contributed by atoms with E-state index in [-0.39, 0.29) is 42.1 Å². The maximum atomic E-state index is 12.3. The van der Waals surface area contributed by atoms with E-state index in [4.69, 9.17) is 29.7 Å². The molecule has 0 fully saturated rings. The van der Waals surface area contributed by atoms with Crippen molar-refractivity contribution >= 4 is 66.2 Å². The summed E-state index contributed by atoms with van der Waals surface area (Å²) >= 11 is -0.472. The number of rotatable bonds is 10. The summed E-state index contributed by atoms with van der Waals surface area (Å²) in [5.41, 5.74) is 5.20. The maximum absolute atomic E-state index is 12.3. The predicted octanol–water partition coefficient (Wildman–Crippen LogP) is 1.40. The van der Waals surface area contributed by atoms with Crippen LogP contribution in [0.4, 0.5) is 27.5 Å². The van der Waals surface area contributed by atoms with Crippen molar-refractivity contribution in [1.29, 1.82) is 0 Å². The van der Waals surface area contributed by atoms with Crippen molar-refractivity contribution in [2.45, 2.75) is 31.8 Å². The van der Waals surface area contributed by atoms with Gasteiger partial charge in [-0.25, -0.2) is 9.59 Å². The summed E-state index contributed by atoms with van der Waals surface area (Å²) < 4.78 is 12.0. The Kier molecular flexibility index (Phi) is 20.5. The Morgan fingerprint density at radius 1 is 1.11 bits per heavy atom. The van der Waals surface area contributed by atoms with Gasteiger partial charge in [-0.2, -0.15) is 9.37 Å². The summed E-state index contributed by atoms with van der Waals surface area (Å²) in [6.45, 7) is 2.54. The Balaban J connectivity index is 0.000000591. The van der Waals surface area contributed by atoms with Crippen LogP contribution < -0.4 is 49.5 Å². The number of nitrogen functional groups attached to an aromatic ring is 1. The van der Waals surface area contributed by atoms with Crippen LogP contribution in [0.5, 0.6) is 0 Å². The zero-order valence-electron chi connectivity index (χ0n) is 28.1. The molecule has 24 heteroatoms. The van der Waals surface area contributed by atoms with E-state index in [0.29, 0.717) is 24.8 Å². The third-order valence-electron chi connectivity index (χ3n) is 6.71. The number of halogens is 3. The second-order valence-electron chi connectivity index (χ2n) is 10.4. The Labute approximate surface area is 321 Å². The number of aromatic nitrogens is 5. The number of H-pyrrole nitrogens is 3. The van der Waals surface area contributed by atoms with Crippen LogP contribution >= 0.6 is 18.8 Å². The molecule has 5 rings (SSSR count). The zero-order chi connectivity index (χ0) is 39.5. The molecular weight excluding hydrogens is 943 g/mol. The number of aryl methyl sites for hydroxylation is 1. The fourth-order valence-corrected chi connectivity index (χ4v) is 4.24. The van der Waals surface area contributed by atoms with Crippen molar-refractivity contribution in [3.8, 4) is 0 Å². The normalized spacial score (nSPS) is 12.8. The molecule has 0 bridgehead atoms. The second-order valence-corrected chi connectivity index (χ2v) is 13.7. The van der Waals surface area contributed by atoms with E-state index in [9.17, 15) is 43.1 Å². The molecule has 1 aromatic carbocycles. The summed E-state index contributed by atoms with van der Waals surface area (Å²) in [5.74, 6) is -4.00. The molecule has 0 saturated carbocycles. The summed E-state index contributed by atoms with van der Waals surface area (Å²) in [4.78, 5) is 93.7. The molecule has 3 aromatic heterocycles. The number of hydrogen-bond acceptors (Lipinski definition) is 13. The minimum absolute atomic E-state index is 0. The molecule has 13 N–H and O–H groups in total. The monoisotopic (exact) mass is 978 g/mol. The molecule has 1 aliphatic heterocycles. The van der Waals surface area contributed by atoms with Gasteiger partial charge in [-0.3, -0.25) is 38.9 Å². The van der Waals surface area contributed by atoms with Gasteiger partial charge in [-0.1, -0.05) is 6.07 Å². The number of amides is 2. The number of nitrogens with two attached hydrogens (primary N) is 1. The van der Waals surface area contributed by atoms with Crippen molar-refractivity contribution in [3.05, 3.63) is 103 Å². The molecule has 296 valence electrons. The number of aromatic amines is 3. The van der Waals surface area contributed by atoms with Crippen LogP contribution in [-0.2, 0) is 30.9 Å². The molecule has 0 aliphatic carbocycles. The van der Waals surface area contributed by atoms with Crippen LogP contribution in [0.2, 0.25) is 0 Å². The first-order chi connectivity index (χ1) is 25.2. The number of nitrogens with zero attached hydrogens (tertiary/aromatic N) is 3. The van der Waals surface area contributed by atoms with Crippen LogP contribution in [0.15, 0.2) is 69.2 Å². The molecule has 0 spiro atoms. The van der Waals surface area contributed by atoms with E-state index >= 15 is 0 Å². The number of hydrogen-bond donors (Lipinski definition) is 10. The second kappa shape index (κ2) is 23.8. The number of fused-ring (bicyclic) bond motifs is 1. The van der Waals surface area contributed by atoms with E-state index < -0.39 is 75.5 Å². The van der Waals surface area contributed by atoms with E-state index in [1.54, 1.807) is 23.3 Å². The van der Waals surface area contributed by atoms with Crippen molar-refractivity contribution in [3.63, 3.8) is 0 Å². The van der Waals surface area contributed by atoms with Crippen molar-refractivity contribution in [1.82, 2.24) is 36.4 Å². The van der Waals surface area contributed by atoms with Gasteiger partial charge in [-0.15, -0.1) is 0 Å². The van der Waals surface area contributed by atoms with E-state index in [2.05, 4.69) is 30.9 Å². The number of nitrogens with one attached hydrogen (secondary N) is 6. The number of carbonyl (C=O) groups is 4. The quantitative estimate of drug-likeness (QED) is 0.100. The molecule has 1 unspecified atom stereocenters. The van der Waals surface area contributed by atoms with Crippen LogP contribution in [0, 0.1) is 12.7 Å². The van der Waals surface area contributed by atoms with Gasteiger partial charge in [0.05, 0.1) is 6.04 Å². The van der Waals surface area contributed by atoms with Gasteiger partial charge in [0.15, 0.2) is 11.5 Å². The summed E-state index contributed by atoms with van der Waals surface area (Å²) in [7, 11) is 9.75. The fourth-order valence-electron chi connectivity index (χ4n) is 4.24. The fraction of sp³-hybridized carbons (Fsp3) is 0.233. The number of aliphatic carboxylic acids is 2. The first kappa shape index (κ1) is 46.4. The van der Waals surface area contributed by atoms with Gasteiger partial charge in [0.25, 0.3) is 17.0 Å². The third kappa shape index (κ3) is 15.5. The number of carboxylic acid groups (broad SMARTS) is 2. The van der Waals surface area contributed by atoms with Crippen molar-refractivity contribution in [2.24, 2.45) is 0 Å². The third-order valence-corrected chi connectivity index (χ3v) is 6.71. The summed E-state index contributed by atoms with van der Waals surface area (Å²) in [6.07, 6.45) is 2.40. The van der Waals surface area contributed by atoms with Crippen LogP contribution in [0.1, 0.15) is 28.9 Å². The minimum atomic E-state index is -1.33. The van der Waals surface area contributed by atoms with Crippen molar-refractivity contribution < 1.29 is 50.3 Å². The molecule has 4 heterocycles. The SMILES string of the molecule is Cc1ccccn1.N.Nc1nc2c(c(=O)[nH]1)N(C=O)C(CNc1ccc(C(=O)N[C@@H](CCC(=O)O)C(=O)O)cc1)CN2.O=c1[nH]cc(F)c(=O)[nH]1.[Cl][Pt][Cl]. The summed E-state index contributed by atoms with van der Waals surface area (Å²) in [5, 5.41) is 26.3. The summed E-state index contributed by atoms with van der Waals surface area (Å²) in [6, 6.07) is 10.2. The number of carboxylic acids is 2. The Bertz CT molecular complexity index is 2010. The molecule has 0 radical (unpaired) electrons. The van der Waals surface area contributed by atoms with Gasteiger partial charge < -0.3 is 47.9 Å². The molecular formula is C30H36Cl2FN11O9Pt. The van der Waals surface area contributed by atoms with Gasteiger partial charge in [0.1, 0.15) is 6.04 Å². The first-order valence-electron chi connectivity index (χ1n) is 14.8. The van der Waals surface area contributed by atoms with Gasteiger partial charge in [-0.05, 0) is 49.7 Å². The number of benzene rings is 1.